The lowest BCUT2D eigenvalue weighted by Gasteiger charge is -2.24. The Hall–Kier alpha value is -4.61. The van der Waals surface area contributed by atoms with Gasteiger partial charge in [0, 0.05) is 24.5 Å². The van der Waals surface area contributed by atoms with Crippen LogP contribution >= 0.6 is 0 Å². The molecular weight excluding hydrogens is 529 g/mol. The average Bonchev–Trinajstić information content (AvgIpc) is 3.24. The van der Waals surface area contributed by atoms with Crippen LogP contribution in [0.1, 0.15) is 49.4 Å². The van der Waals surface area contributed by atoms with Crippen molar-refractivity contribution in [2.75, 3.05) is 0 Å². The molecule has 0 amide bonds. The monoisotopic (exact) mass is 556 g/mol. The van der Waals surface area contributed by atoms with Crippen molar-refractivity contribution in [3.05, 3.63) is 100.0 Å². The summed E-state index contributed by atoms with van der Waals surface area (Å²) in [6.07, 6.45) is -2.29. The number of carbonyl (C=O) groups is 1. The summed E-state index contributed by atoms with van der Waals surface area (Å²) in [7, 11) is 0. The van der Waals surface area contributed by atoms with Crippen molar-refractivity contribution >= 4 is 5.97 Å². The summed E-state index contributed by atoms with van der Waals surface area (Å²) < 4.78 is 53.5. The Balaban J connectivity index is 1.75. The summed E-state index contributed by atoms with van der Waals surface area (Å²) in [4.78, 5) is 28.9. The Morgan fingerprint density at radius 3 is 2.35 bits per heavy atom. The summed E-state index contributed by atoms with van der Waals surface area (Å²) in [5, 5.41) is 13.8. The molecule has 210 valence electrons. The van der Waals surface area contributed by atoms with Crippen molar-refractivity contribution < 1.29 is 32.5 Å². The van der Waals surface area contributed by atoms with Crippen LogP contribution in [-0.2, 0) is 17.5 Å². The number of hydrogen-bond donors (Lipinski definition) is 1. The fourth-order valence-electron chi connectivity index (χ4n) is 3.93. The van der Waals surface area contributed by atoms with Crippen LogP contribution in [0.4, 0.5) is 13.2 Å². The van der Waals surface area contributed by atoms with E-state index in [-0.39, 0.29) is 18.1 Å². The Morgan fingerprint density at radius 1 is 1.10 bits per heavy atom. The summed E-state index contributed by atoms with van der Waals surface area (Å²) >= 11 is 0. The number of benzene rings is 2. The molecule has 2 aromatic carbocycles. The molecule has 2 aromatic heterocycles. The molecule has 0 saturated carbocycles. The van der Waals surface area contributed by atoms with E-state index in [1.807, 2.05) is 0 Å². The van der Waals surface area contributed by atoms with E-state index in [0.717, 1.165) is 16.8 Å². The van der Waals surface area contributed by atoms with Gasteiger partial charge >= 0.3 is 17.8 Å². The minimum absolute atomic E-state index is 0.162. The highest BCUT2D eigenvalue weighted by Crippen LogP contribution is 2.32. The number of halogens is 3. The molecule has 4 rings (SSSR count). The summed E-state index contributed by atoms with van der Waals surface area (Å²) in [6.45, 7) is 6.57. The van der Waals surface area contributed by atoms with E-state index in [4.69, 9.17) is 9.47 Å². The molecule has 0 spiro atoms. The predicted octanol–water partition coefficient (Wildman–Crippen LogP) is 5.19. The zero-order valence-electron chi connectivity index (χ0n) is 22.1. The molecule has 0 radical (unpaired) electrons. The maximum atomic E-state index is 13.3. The zero-order valence-corrected chi connectivity index (χ0v) is 22.1. The predicted molar refractivity (Wildman–Crippen MR) is 139 cm³/mol. The lowest BCUT2D eigenvalue weighted by atomic mass is 10.1. The molecule has 0 aliphatic carbocycles. The Labute approximate surface area is 227 Å². The molecular formula is C28H27F3N4O5. The van der Waals surface area contributed by atoms with Crippen LogP contribution in [0.25, 0.3) is 5.69 Å². The van der Waals surface area contributed by atoms with Crippen molar-refractivity contribution in [2.45, 2.75) is 52.1 Å². The van der Waals surface area contributed by atoms with Crippen LogP contribution in [0.2, 0.25) is 0 Å². The molecule has 0 aliphatic rings. The zero-order chi connectivity index (χ0) is 29.2. The minimum Gasteiger partial charge on any atom is -0.478 e. The molecule has 1 N–H and O–H groups in total. The second kappa shape index (κ2) is 10.9. The summed E-state index contributed by atoms with van der Waals surface area (Å²) in [6, 6.07) is 12.4. The standard InChI is InChI=1S/C28H27F3N4O5/c1-5-34-24(33-35(26(34)38)20-10-8-19(9-11-20)28(29,30)31)23(18-7-6-14-32-16-18)39-21-12-13-22(17(2)15-21)40-27(3,4)25(36)37/h6-16,23H,5H2,1-4H3,(H,36,37). The highest BCUT2D eigenvalue weighted by molar-refractivity contribution is 5.76. The number of alkyl halides is 3. The largest absolute Gasteiger partial charge is 0.478 e. The summed E-state index contributed by atoms with van der Waals surface area (Å²) in [5.41, 5.74) is -1.49. The van der Waals surface area contributed by atoms with Crippen LogP contribution < -0.4 is 15.2 Å². The molecule has 0 bridgehead atoms. The smallest absolute Gasteiger partial charge is 0.416 e. The van der Waals surface area contributed by atoms with E-state index in [0.29, 0.717) is 22.6 Å². The quantitative estimate of drug-likeness (QED) is 0.302. The maximum absolute atomic E-state index is 13.3. The highest BCUT2D eigenvalue weighted by Gasteiger charge is 2.32. The molecule has 1 atom stereocenters. The second-order valence-corrected chi connectivity index (χ2v) is 9.47. The van der Waals surface area contributed by atoms with Gasteiger partial charge in [-0.3, -0.25) is 9.55 Å². The molecule has 2 heterocycles. The number of carboxylic acid groups (broad SMARTS) is 1. The lowest BCUT2D eigenvalue weighted by Crippen LogP contribution is -2.38. The first-order valence-electron chi connectivity index (χ1n) is 12.3. The molecule has 4 aromatic rings. The molecule has 12 heteroatoms. The number of aliphatic carboxylic acids is 1. The topological polar surface area (TPSA) is 108 Å². The van der Waals surface area contributed by atoms with Gasteiger partial charge in [0.15, 0.2) is 17.5 Å². The van der Waals surface area contributed by atoms with Crippen molar-refractivity contribution in [3.8, 4) is 17.2 Å². The lowest BCUT2D eigenvalue weighted by molar-refractivity contribution is -0.152. The molecule has 40 heavy (non-hydrogen) atoms. The Bertz CT molecular complexity index is 1560. The number of aryl methyl sites for hydroxylation is 1. The number of nitrogens with zero attached hydrogens (tertiary/aromatic N) is 4. The third kappa shape index (κ3) is 5.85. The van der Waals surface area contributed by atoms with Crippen LogP contribution in [0.5, 0.6) is 11.5 Å². The van der Waals surface area contributed by atoms with Crippen LogP contribution in [-0.4, -0.2) is 36.0 Å². The van der Waals surface area contributed by atoms with Crippen molar-refractivity contribution in [3.63, 3.8) is 0 Å². The van der Waals surface area contributed by atoms with E-state index in [9.17, 15) is 27.9 Å². The average molecular weight is 557 g/mol. The van der Waals surface area contributed by atoms with E-state index < -0.39 is 35.1 Å². The fraction of sp³-hybridized carbons (Fsp3) is 0.286. The van der Waals surface area contributed by atoms with Gasteiger partial charge in [-0.25, -0.2) is 9.59 Å². The Morgan fingerprint density at radius 2 is 1.80 bits per heavy atom. The third-order valence-electron chi connectivity index (χ3n) is 6.15. The minimum atomic E-state index is -4.52. The van der Waals surface area contributed by atoms with E-state index >= 15 is 0 Å². The number of hydrogen-bond acceptors (Lipinski definition) is 6. The number of carboxylic acids is 1. The number of pyridine rings is 1. The van der Waals surface area contributed by atoms with E-state index in [1.165, 1.54) is 30.5 Å². The molecule has 9 nitrogen and oxygen atoms in total. The van der Waals surface area contributed by atoms with Gasteiger partial charge in [0.1, 0.15) is 11.5 Å². The third-order valence-corrected chi connectivity index (χ3v) is 6.15. The van der Waals surface area contributed by atoms with Gasteiger partial charge in [-0.05, 0) is 81.8 Å². The van der Waals surface area contributed by atoms with Crippen LogP contribution in [0.15, 0.2) is 71.8 Å². The van der Waals surface area contributed by atoms with Crippen molar-refractivity contribution in [2.24, 2.45) is 0 Å². The number of aromatic nitrogens is 4. The molecule has 1 unspecified atom stereocenters. The SMILES string of the molecule is CCn1c(C(Oc2ccc(OC(C)(C)C(=O)O)c(C)c2)c2cccnc2)nn(-c2ccc(C(F)(F)F)cc2)c1=O. The van der Waals surface area contributed by atoms with Crippen molar-refractivity contribution in [1.82, 2.24) is 19.3 Å². The number of ether oxygens (including phenoxy) is 2. The van der Waals surface area contributed by atoms with Crippen LogP contribution in [0, 0.1) is 6.92 Å². The summed E-state index contributed by atoms with van der Waals surface area (Å²) in [5.74, 6) is -0.170. The van der Waals surface area contributed by atoms with Crippen molar-refractivity contribution in [1.29, 1.82) is 0 Å². The van der Waals surface area contributed by atoms with Gasteiger partial charge in [0.2, 0.25) is 0 Å². The van der Waals surface area contributed by atoms with Crippen LogP contribution in [0.3, 0.4) is 0 Å². The van der Waals surface area contributed by atoms with Gasteiger partial charge in [0.05, 0.1) is 11.3 Å². The normalized spacial score (nSPS) is 12.7. The molecule has 0 aliphatic heterocycles. The van der Waals surface area contributed by atoms with Gasteiger partial charge in [-0.15, -0.1) is 5.10 Å². The molecule has 0 fully saturated rings. The first-order chi connectivity index (χ1) is 18.8. The van der Waals surface area contributed by atoms with E-state index in [2.05, 4.69) is 10.1 Å². The Kier molecular flexibility index (Phi) is 7.72. The maximum Gasteiger partial charge on any atom is 0.416 e. The highest BCUT2D eigenvalue weighted by atomic mass is 19.4. The van der Waals surface area contributed by atoms with Gasteiger partial charge in [0.25, 0.3) is 0 Å². The second-order valence-electron chi connectivity index (χ2n) is 9.47. The van der Waals surface area contributed by atoms with Gasteiger partial charge in [-0.1, -0.05) is 6.07 Å². The first-order valence-corrected chi connectivity index (χ1v) is 12.3. The number of rotatable bonds is 9. The van der Waals surface area contributed by atoms with Gasteiger partial charge in [-0.2, -0.15) is 17.9 Å². The van der Waals surface area contributed by atoms with Gasteiger partial charge < -0.3 is 14.6 Å². The van der Waals surface area contributed by atoms with E-state index in [1.54, 1.807) is 56.6 Å². The first kappa shape index (κ1) is 28.4. The molecule has 0 saturated heterocycles. The fourth-order valence-corrected chi connectivity index (χ4v) is 3.93.